The number of nitrogens with zero attached hydrogens (tertiary/aromatic N) is 2. The zero-order chi connectivity index (χ0) is 25.7. The zero-order valence-electron chi connectivity index (χ0n) is 19.7. The Labute approximate surface area is 219 Å². The van der Waals surface area contributed by atoms with Crippen molar-refractivity contribution in [3.63, 3.8) is 0 Å². The summed E-state index contributed by atoms with van der Waals surface area (Å²) in [4.78, 5) is 42.1. The molecule has 1 aliphatic rings. The van der Waals surface area contributed by atoms with E-state index in [1.54, 1.807) is 49.4 Å². The quantitative estimate of drug-likeness (QED) is 0.436. The molecule has 9 heteroatoms. The molecule has 1 heterocycles. The average molecular weight is 526 g/mol. The molecule has 186 valence electrons. The van der Waals surface area contributed by atoms with Gasteiger partial charge in [-0.05, 0) is 55.5 Å². The molecule has 0 unspecified atom stereocenters. The number of hydrogen-bond acceptors (Lipinski definition) is 5. The number of rotatable bonds is 6. The lowest BCUT2D eigenvalue weighted by atomic mass is 10.1. The van der Waals surface area contributed by atoms with E-state index in [1.165, 1.54) is 6.07 Å². The number of esters is 1. The van der Waals surface area contributed by atoms with Gasteiger partial charge in [0.1, 0.15) is 0 Å². The molecule has 1 aliphatic heterocycles. The molecule has 3 aromatic rings. The smallest absolute Gasteiger partial charge is 0.338 e. The number of nitrogens with one attached hydrogen (secondary N) is 1. The van der Waals surface area contributed by atoms with Crippen molar-refractivity contribution < 1.29 is 19.1 Å². The molecule has 1 saturated heterocycles. The lowest BCUT2D eigenvalue weighted by Gasteiger charge is -2.37. The van der Waals surface area contributed by atoms with E-state index in [0.717, 1.165) is 5.69 Å². The Morgan fingerprint density at radius 3 is 2.19 bits per heavy atom. The molecule has 0 saturated carbocycles. The van der Waals surface area contributed by atoms with Gasteiger partial charge in [0.25, 0.3) is 11.8 Å². The van der Waals surface area contributed by atoms with Crippen LogP contribution in [0.2, 0.25) is 10.0 Å². The van der Waals surface area contributed by atoms with Crippen molar-refractivity contribution in [3.05, 3.63) is 93.5 Å². The van der Waals surface area contributed by atoms with Gasteiger partial charge >= 0.3 is 5.97 Å². The molecular formula is C27H25Cl2N3O4. The fourth-order valence-corrected chi connectivity index (χ4v) is 4.30. The van der Waals surface area contributed by atoms with Crippen molar-refractivity contribution in [2.45, 2.75) is 6.92 Å². The zero-order valence-corrected chi connectivity index (χ0v) is 21.2. The number of amides is 2. The molecule has 3 aromatic carbocycles. The maximum absolute atomic E-state index is 13.0. The predicted octanol–water partition coefficient (Wildman–Crippen LogP) is 5.38. The van der Waals surface area contributed by atoms with Crippen LogP contribution in [0.25, 0.3) is 0 Å². The maximum Gasteiger partial charge on any atom is 0.338 e. The van der Waals surface area contributed by atoms with Crippen LogP contribution >= 0.6 is 23.2 Å². The molecule has 2 amide bonds. The number of benzene rings is 3. The van der Waals surface area contributed by atoms with Crippen LogP contribution in [0.3, 0.4) is 0 Å². The Hall–Kier alpha value is -3.55. The molecule has 0 aromatic heterocycles. The fraction of sp³-hybridized carbons (Fsp3) is 0.222. The first-order chi connectivity index (χ1) is 17.4. The summed E-state index contributed by atoms with van der Waals surface area (Å²) in [5.74, 6) is -0.887. The fourth-order valence-electron chi connectivity index (χ4n) is 4.00. The topological polar surface area (TPSA) is 79.0 Å². The summed E-state index contributed by atoms with van der Waals surface area (Å²) in [5, 5.41) is 3.51. The van der Waals surface area contributed by atoms with Gasteiger partial charge in [-0.15, -0.1) is 0 Å². The number of hydrogen-bond donors (Lipinski definition) is 1. The van der Waals surface area contributed by atoms with E-state index >= 15 is 0 Å². The van der Waals surface area contributed by atoms with Crippen molar-refractivity contribution in [2.75, 3.05) is 43.0 Å². The number of ether oxygens (including phenoxy) is 1. The van der Waals surface area contributed by atoms with Crippen LogP contribution < -0.4 is 10.2 Å². The van der Waals surface area contributed by atoms with Crippen LogP contribution in [-0.2, 0) is 4.74 Å². The van der Waals surface area contributed by atoms with E-state index < -0.39 is 11.9 Å². The largest absolute Gasteiger partial charge is 0.462 e. The van der Waals surface area contributed by atoms with Gasteiger partial charge in [-0.1, -0.05) is 41.4 Å². The highest BCUT2D eigenvalue weighted by atomic mass is 35.5. The molecular weight excluding hydrogens is 501 g/mol. The van der Waals surface area contributed by atoms with Gasteiger partial charge in [0.05, 0.1) is 33.6 Å². The van der Waals surface area contributed by atoms with Crippen LogP contribution in [0.4, 0.5) is 11.4 Å². The lowest BCUT2D eigenvalue weighted by molar-refractivity contribution is 0.0526. The number of anilines is 2. The van der Waals surface area contributed by atoms with Crippen molar-refractivity contribution in [1.29, 1.82) is 0 Å². The van der Waals surface area contributed by atoms with E-state index in [9.17, 15) is 14.4 Å². The van der Waals surface area contributed by atoms with Crippen molar-refractivity contribution in [3.8, 4) is 0 Å². The van der Waals surface area contributed by atoms with E-state index in [1.807, 2.05) is 23.1 Å². The van der Waals surface area contributed by atoms with Crippen LogP contribution in [0.1, 0.15) is 38.0 Å². The normalized spacial score (nSPS) is 13.3. The SMILES string of the molecule is CCOC(=O)c1ccc(N2CCN(C(=O)c3ccccc3)CC2)c(NC(=O)c2ccc(Cl)c(Cl)c2)c1. The van der Waals surface area contributed by atoms with Gasteiger partial charge in [0, 0.05) is 37.3 Å². The van der Waals surface area contributed by atoms with Gasteiger partial charge in [-0.2, -0.15) is 0 Å². The first-order valence-electron chi connectivity index (χ1n) is 11.5. The van der Waals surface area contributed by atoms with Gasteiger partial charge in [0.15, 0.2) is 0 Å². The number of piperazine rings is 1. The van der Waals surface area contributed by atoms with E-state index in [0.29, 0.717) is 53.6 Å². The highest BCUT2D eigenvalue weighted by Gasteiger charge is 2.25. The lowest BCUT2D eigenvalue weighted by Crippen LogP contribution is -2.49. The molecule has 36 heavy (non-hydrogen) atoms. The Bertz CT molecular complexity index is 1280. The second-order valence-corrected chi connectivity index (χ2v) is 9.00. The monoisotopic (exact) mass is 525 g/mol. The van der Waals surface area contributed by atoms with Crippen molar-refractivity contribution in [1.82, 2.24) is 4.90 Å². The first kappa shape index (κ1) is 25.5. The minimum atomic E-state index is -0.479. The molecule has 0 aliphatic carbocycles. The third kappa shape index (κ3) is 5.80. The summed E-state index contributed by atoms with van der Waals surface area (Å²) in [6.07, 6.45) is 0. The summed E-state index contributed by atoms with van der Waals surface area (Å²) >= 11 is 12.1. The van der Waals surface area contributed by atoms with Gasteiger partial charge in [-0.3, -0.25) is 9.59 Å². The summed E-state index contributed by atoms with van der Waals surface area (Å²) in [6.45, 7) is 4.14. The highest BCUT2D eigenvalue weighted by molar-refractivity contribution is 6.42. The Morgan fingerprint density at radius 2 is 1.53 bits per heavy atom. The molecule has 4 rings (SSSR count). The molecule has 0 spiro atoms. The van der Waals surface area contributed by atoms with Crippen molar-refractivity contribution in [2.24, 2.45) is 0 Å². The average Bonchev–Trinajstić information content (AvgIpc) is 2.90. The number of carbonyl (C=O) groups excluding carboxylic acids is 3. The number of carbonyl (C=O) groups is 3. The summed E-state index contributed by atoms with van der Waals surface area (Å²) in [5.41, 5.74) is 2.50. The molecule has 0 atom stereocenters. The molecule has 0 bridgehead atoms. The van der Waals surface area contributed by atoms with Gasteiger partial charge in [0.2, 0.25) is 0 Å². The van der Waals surface area contributed by atoms with E-state index in [4.69, 9.17) is 27.9 Å². The summed E-state index contributed by atoms with van der Waals surface area (Å²) in [7, 11) is 0. The van der Waals surface area contributed by atoms with Gasteiger partial charge < -0.3 is 19.9 Å². The van der Waals surface area contributed by atoms with Crippen LogP contribution in [-0.4, -0.2) is 55.5 Å². The van der Waals surface area contributed by atoms with Gasteiger partial charge in [-0.25, -0.2) is 4.79 Å². The van der Waals surface area contributed by atoms with E-state index in [2.05, 4.69) is 10.2 Å². The Kier molecular flexibility index (Phi) is 8.13. The summed E-state index contributed by atoms with van der Waals surface area (Å²) < 4.78 is 5.13. The minimum Gasteiger partial charge on any atom is -0.462 e. The van der Waals surface area contributed by atoms with Crippen LogP contribution in [0.5, 0.6) is 0 Å². The summed E-state index contributed by atoms with van der Waals surface area (Å²) in [6, 6.07) is 18.8. The van der Waals surface area contributed by atoms with Crippen molar-refractivity contribution >= 4 is 52.4 Å². The first-order valence-corrected chi connectivity index (χ1v) is 12.3. The second-order valence-electron chi connectivity index (χ2n) is 8.18. The van der Waals surface area contributed by atoms with Crippen LogP contribution in [0, 0.1) is 0 Å². The predicted molar refractivity (Wildman–Crippen MR) is 141 cm³/mol. The molecule has 1 N–H and O–H groups in total. The third-order valence-electron chi connectivity index (χ3n) is 5.87. The highest BCUT2D eigenvalue weighted by Crippen LogP contribution is 2.30. The maximum atomic E-state index is 13.0. The third-order valence-corrected chi connectivity index (χ3v) is 6.61. The molecule has 7 nitrogen and oxygen atoms in total. The Morgan fingerprint density at radius 1 is 0.833 bits per heavy atom. The Balaban J connectivity index is 1.56. The minimum absolute atomic E-state index is 0.0129. The molecule has 1 fully saturated rings. The second kappa shape index (κ2) is 11.5. The number of halogens is 2. The van der Waals surface area contributed by atoms with Crippen LogP contribution in [0.15, 0.2) is 66.7 Å². The molecule has 0 radical (unpaired) electrons. The standard InChI is InChI=1S/C27H25Cl2N3O4/c1-2-36-27(35)20-9-11-24(23(17-20)30-25(33)19-8-10-21(28)22(29)16-19)31-12-14-32(15-13-31)26(34)18-6-4-3-5-7-18/h3-11,16-17H,2,12-15H2,1H3,(H,30,33). The van der Waals surface area contributed by atoms with E-state index in [-0.39, 0.29) is 17.5 Å².